The number of nitrogens with zero attached hydrogens (tertiary/aromatic N) is 2. The van der Waals surface area contributed by atoms with Gasteiger partial charge in [0.1, 0.15) is 17.0 Å². The Labute approximate surface area is 153 Å². The summed E-state index contributed by atoms with van der Waals surface area (Å²) in [5, 5.41) is 9.51. The van der Waals surface area contributed by atoms with Gasteiger partial charge in [0.15, 0.2) is 13.2 Å². The molecule has 0 aromatic heterocycles. The number of esters is 1. The van der Waals surface area contributed by atoms with Crippen molar-refractivity contribution in [2.24, 2.45) is 0 Å². The van der Waals surface area contributed by atoms with Crippen molar-refractivity contribution < 1.29 is 23.8 Å². The molecule has 140 valence electrons. The summed E-state index contributed by atoms with van der Waals surface area (Å²) in [7, 11) is 3.16. The molecule has 0 radical (unpaired) electrons. The van der Waals surface area contributed by atoms with E-state index in [4.69, 9.17) is 14.2 Å². The number of benzene rings is 1. The summed E-state index contributed by atoms with van der Waals surface area (Å²) in [6, 6.07) is 9.04. The number of hydrogen-bond acceptors (Lipinski definition) is 6. The first kappa shape index (κ1) is 19.6. The molecular weight excluding hydrogens is 336 g/mol. The van der Waals surface area contributed by atoms with Crippen LogP contribution in [0.25, 0.3) is 0 Å². The first-order valence-corrected chi connectivity index (χ1v) is 8.61. The van der Waals surface area contributed by atoms with Crippen LogP contribution in [0.4, 0.5) is 0 Å². The number of carbonyl (C=O) groups excluding carboxylic acids is 2. The van der Waals surface area contributed by atoms with Crippen molar-refractivity contribution in [3.63, 3.8) is 0 Å². The fraction of sp³-hybridized carbons (Fsp3) is 0.526. The van der Waals surface area contributed by atoms with Crippen LogP contribution in [-0.2, 0) is 14.3 Å². The van der Waals surface area contributed by atoms with Crippen LogP contribution >= 0.6 is 0 Å². The summed E-state index contributed by atoms with van der Waals surface area (Å²) in [4.78, 5) is 25.5. The minimum atomic E-state index is -0.790. The van der Waals surface area contributed by atoms with Crippen molar-refractivity contribution in [2.45, 2.75) is 37.6 Å². The van der Waals surface area contributed by atoms with Gasteiger partial charge in [-0.25, -0.2) is 4.79 Å². The van der Waals surface area contributed by atoms with Gasteiger partial charge in [-0.2, -0.15) is 5.26 Å². The first-order valence-electron chi connectivity index (χ1n) is 8.61. The fourth-order valence-electron chi connectivity index (χ4n) is 2.99. The number of hydrogen-bond donors (Lipinski definition) is 0. The van der Waals surface area contributed by atoms with Gasteiger partial charge in [0, 0.05) is 7.05 Å². The lowest BCUT2D eigenvalue weighted by Crippen LogP contribution is -2.51. The van der Waals surface area contributed by atoms with E-state index in [1.165, 1.54) is 4.90 Å². The topological polar surface area (TPSA) is 88.9 Å². The molecule has 0 saturated heterocycles. The van der Waals surface area contributed by atoms with Crippen molar-refractivity contribution in [2.75, 3.05) is 27.4 Å². The molecule has 7 nitrogen and oxygen atoms in total. The van der Waals surface area contributed by atoms with E-state index in [1.807, 2.05) is 0 Å². The van der Waals surface area contributed by atoms with E-state index < -0.39 is 18.1 Å². The smallest absolute Gasteiger partial charge is 0.344 e. The van der Waals surface area contributed by atoms with Crippen LogP contribution in [0.1, 0.15) is 32.1 Å². The second kappa shape index (κ2) is 9.09. The second-order valence-electron chi connectivity index (χ2n) is 6.28. The molecule has 1 aromatic carbocycles. The Hall–Kier alpha value is -2.75. The van der Waals surface area contributed by atoms with E-state index in [1.54, 1.807) is 38.4 Å². The minimum Gasteiger partial charge on any atom is -0.497 e. The fourth-order valence-corrected chi connectivity index (χ4v) is 2.99. The molecule has 0 N–H and O–H groups in total. The monoisotopic (exact) mass is 360 g/mol. The van der Waals surface area contributed by atoms with E-state index in [-0.39, 0.29) is 12.5 Å². The molecule has 1 aliphatic carbocycles. The molecule has 1 aromatic rings. The summed E-state index contributed by atoms with van der Waals surface area (Å²) >= 11 is 0. The van der Waals surface area contributed by atoms with Crippen molar-refractivity contribution in [3.8, 4) is 17.6 Å². The van der Waals surface area contributed by atoms with Gasteiger partial charge in [-0.1, -0.05) is 19.3 Å². The molecule has 1 fully saturated rings. The standard InChI is InChI=1S/C19H24N2O5/c1-21(19(14-20)10-4-3-5-11-19)17(22)12-26-18(23)13-25-16-8-6-15(24-2)7-9-16/h6-9H,3-5,10-13H2,1-2H3. The second-order valence-corrected chi connectivity index (χ2v) is 6.28. The summed E-state index contributed by atoms with van der Waals surface area (Å²) in [5.41, 5.74) is -0.790. The maximum Gasteiger partial charge on any atom is 0.344 e. The van der Waals surface area contributed by atoms with Gasteiger partial charge in [0.05, 0.1) is 13.2 Å². The molecule has 2 rings (SSSR count). The maximum absolute atomic E-state index is 12.3. The lowest BCUT2D eigenvalue weighted by atomic mass is 9.81. The zero-order chi connectivity index (χ0) is 19.0. The van der Waals surface area contributed by atoms with Crippen LogP contribution in [0.5, 0.6) is 11.5 Å². The van der Waals surface area contributed by atoms with Crippen molar-refractivity contribution in [1.29, 1.82) is 5.26 Å². The number of methoxy groups -OCH3 is 1. The highest BCUT2D eigenvalue weighted by molar-refractivity contribution is 5.81. The van der Waals surface area contributed by atoms with Gasteiger partial charge < -0.3 is 19.1 Å². The van der Waals surface area contributed by atoms with Crippen LogP contribution in [0.3, 0.4) is 0 Å². The quantitative estimate of drug-likeness (QED) is 0.693. The zero-order valence-corrected chi connectivity index (χ0v) is 15.2. The van der Waals surface area contributed by atoms with E-state index in [2.05, 4.69) is 6.07 Å². The third kappa shape index (κ3) is 4.88. The SMILES string of the molecule is COc1ccc(OCC(=O)OCC(=O)N(C)C2(C#N)CCCCC2)cc1. The molecule has 7 heteroatoms. The van der Waals surface area contributed by atoms with Crippen LogP contribution < -0.4 is 9.47 Å². The highest BCUT2D eigenvalue weighted by Gasteiger charge is 2.38. The average Bonchev–Trinajstić information content (AvgIpc) is 2.70. The Kier molecular flexibility index (Phi) is 6.84. The Bertz CT molecular complexity index is 660. The molecule has 0 heterocycles. The molecule has 26 heavy (non-hydrogen) atoms. The molecule has 0 bridgehead atoms. The predicted molar refractivity (Wildman–Crippen MR) is 93.6 cm³/mol. The number of amides is 1. The van der Waals surface area contributed by atoms with Crippen molar-refractivity contribution in [3.05, 3.63) is 24.3 Å². The van der Waals surface area contributed by atoms with Gasteiger partial charge in [-0.3, -0.25) is 4.79 Å². The Balaban J connectivity index is 1.78. The number of likely N-dealkylation sites (N-methyl/N-ethyl adjacent to an activating group) is 1. The van der Waals surface area contributed by atoms with E-state index in [9.17, 15) is 14.9 Å². The Morgan fingerprint density at radius 3 is 2.31 bits per heavy atom. The van der Waals surface area contributed by atoms with Crippen molar-refractivity contribution in [1.82, 2.24) is 4.90 Å². The summed E-state index contributed by atoms with van der Waals surface area (Å²) in [6.07, 6.45) is 4.21. The van der Waals surface area contributed by atoms with Gasteiger partial charge in [0.25, 0.3) is 5.91 Å². The van der Waals surface area contributed by atoms with Crippen molar-refractivity contribution >= 4 is 11.9 Å². The molecule has 0 aliphatic heterocycles. The molecule has 1 amide bonds. The normalized spacial score (nSPS) is 15.4. The number of ether oxygens (including phenoxy) is 3. The lowest BCUT2D eigenvalue weighted by Gasteiger charge is -2.38. The molecule has 0 unspecified atom stereocenters. The van der Waals surface area contributed by atoms with Gasteiger partial charge >= 0.3 is 5.97 Å². The highest BCUT2D eigenvalue weighted by Crippen LogP contribution is 2.32. The van der Waals surface area contributed by atoms with Crippen LogP contribution in [-0.4, -0.2) is 49.7 Å². The molecule has 0 spiro atoms. The molecule has 0 atom stereocenters. The van der Waals surface area contributed by atoms with Gasteiger partial charge in [0.2, 0.25) is 0 Å². The Morgan fingerprint density at radius 2 is 1.73 bits per heavy atom. The Morgan fingerprint density at radius 1 is 1.12 bits per heavy atom. The van der Waals surface area contributed by atoms with Gasteiger partial charge in [-0.05, 0) is 37.1 Å². The third-order valence-electron chi connectivity index (χ3n) is 4.68. The van der Waals surface area contributed by atoms with Crippen LogP contribution in [0.2, 0.25) is 0 Å². The van der Waals surface area contributed by atoms with Gasteiger partial charge in [-0.15, -0.1) is 0 Å². The zero-order valence-electron chi connectivity index (χ0n) is 15.2. The van der Waals surface area contributed by atoms with E-state index >= 15 is 0 Å². The maximum atomic E-state index is 12.3. The number of rotatable bonds is 7. The minimum absolute atomic E-state index is 0.299. The first-order chi connectivity index (χ1) is 12.5. The van der Waals surface area contributed by atoms with E-state index in [0.29, 0.717) is 24.3 Å². The predicted octanol–water partition coefficient (Wildman–Crippen LogP) is 2.30. The molecular formula is C19H24N2O5. The molecule has 1 aliphatic rings. The average molecular weight is 360 g/mol. The van der Waals surface area contributed by atoms with Crippen LogP contribution in [0, 0.1) is 11.3 Å². The third-order valence-corrected chi connectivity index (χ3v) is 4.68. The summed E-state index contributed by atoms with van der Waals surface area (Å²) in [6.45, 7) is -0.697. The number of carbonyl (C=O) groups is 2. The molecule has 1 saturated carbocycles. The van der Waals surface area contributed by atoms with E-state index in [0.717, 1.165) is 19.3 Å². The van der Waals surface area contributed by atoms with Crippen LogP contribution in [0.15, 0.2) is 24.3 Å². The highest BCUT2D eigenvalue weighted by atomic mass is 16.6. The summed E-state index contributed by atoms with van der Waals surface area (Å²) < 4.78 is 15.3. The largest absolute Gasteiger partial charge is 0.497 e. The number of nitriles is 1. The lowest BCUT2D eigenvalue weighted by molar-refractivity contribution is -0.155. The summed E-state index contributed by atoms with van der Waals surface area (Å²) in [5.74, 6) is 0.156.